The molecule has 0 aromatic rings. The van der Waals surface area contributed by atoms with Crippen molar-refractivity contribution in [1.82, 2.24) is 4.72 Å². The van der Waals surface area contributed by atoms with Crippen molar-refractivity contribution in [2.75, 3.05) is 5.75 Å². The maximum absolute atomic E-state index is 11.6. The van der Waals surface area contributed by atoms with Gasteiger partial charge in [-0.3, -0.25) is 0 Å². The highest BCUT2D eigenvalue weighted by molar-refractivity contribution is 7.89. The van der Waals surface area contributed by atoms with E-state index in [1.165, 1.54) is 0 Å². The summed E-state index contributed by atoms with van der Waals surface area (Å²) in [5, 5.41) is 0. The van der Waals surface area contributed by atoms with Crippen molar-refractivity contribution < 1.29 is 8.42 Å². The lowest BCUT2D eigenvalue weighted by atomic mass is 9.45. The maximum Gasteiger partial charge on any atom is 0.212 e. The molecular weight excluding hydrogens is 200 g/mol. The van der Waals surface area contributed by atoms with Crippen molar-refractivity contribution in [1.29, 1.82) is 0 Å². The summed E-state index contributed by atoms with van der Waals surface area (Å²) in [4.78, 5) is 0. The minimum atomic E-state index is -3.06. The number of hydrogen-bond acceptors (Lipinski definition) is 3. The van der Waals surface area contributed by atoms with Crippen molar-refractivity contribution in [3.8, 4) is 0 Å². The predicted molar refractivity (Wildman–Crippen MR) is 55.3 cm³/mol. The quantitative estimate of drug-likeness (QED) is 0.699. The van der Waals surface area contributed by atoms with E-state index in [2.05, 4.69) is 4.72 Å². The fourth-order valence-electron chi connectivity index (χ4n) is 2.69. The Hall–Kier alpha value is -0.130. The molecule has 2 bridgehead atoms. The lowest BCUT2D eigenvalue weighted by Gasteiger charge is -2.68. The fraction of sp³-hybridized carbons (Fsp3) is 1.00. The van der Waals surface area contributed by atoms with Gasteiger partial charge in [0.25, 0.3) is 0 Å². The van der Waals surface area contributed by atoms with E-state index >= 15 is 0 Å². The third-order valence-electron chi connectivity index (χ3n) is 3.21. The van der Waals surface area contributed by atoms with Crippen LogP contribution in [0.25, 0.3) is 0 Å². The summed E-state index contributed by atoms with van der Waals surface area (Å²) in [6.07, 6.45) is 4.12. The van der Waals surface area contributed by atoms with Crippen LogP contribution >= 0.6 is 0 Å². The highest BCUT2D eigenvalue weighted by Crippen LogP contribution is 2.58. The summed E-state index contributed by atoms with van der Waals surface area (Å²) in [5.41, 5.74) is 5.67. The zero-order valence-electron chi connectivity index (χ0n) is 8.54. The Labute approximate surface area is 85.3 Å². The Balaban J connectivity index is 1.86. The standard InChI is InChI=1S/C9H18N2O2S/c1-2-3-4-14(12,13)11-9-5-8(10,6-9)7-9/h11H,2-7,10H2,1H3. The van der Waals surface area contributed by atoms with Gasteiger partial charge in [0.1, 0.15) is 0 Å². The lowest BCUT2D eigenvalue weighted by molar-refractivity contribution is -0.0618. The van der Waals surface area contributed by atoms with Gasteiger partial charge in [-0.1, -0.05) is 13.3 Å². The Morgan fingerprint density at radius 3 is 2.36 bits per heavy atom. The van der Waals surface area contributed by atoms with E-state index in [4.69, 9.17) is 5.73 Å². The molecule has 0 unspecified atom stereocenters. The van der Waals surface area contributed by atoms with Crippen LogP contribution < -0.4 is 10.5 Å². The first-order chi connectivity index (χ1) is 6.39. The number of hydrogen-bond donors (Lipinski definition) is 2. The molecule has 0 aromatic heterocycles. The van der Waals surface area contributed by atoms with Crippen molar-refractivity contribution in [3.63, 3.8) is 0 Å². The van der Waals surface area contributed by atoms with E-state index in [-0.39, 0.29) is 16.8 Å². The Bertz CT molecular complexity index is 317. The topological polar surface area (TPSA) is 72.2 Å². The van der Waals surface area contributed by atoms with Gasteiger partial charge in [-0.2, -0.15) is 0 Å². The molecule has 5 heteroatoms. The highest BCUT2D eigenvalue weighted by Gasteiger charge is 2.67. The Morgan fingerprint density at radius 2 is 1.93 bits per heavy atom. The molecule has 0 atom stereocenters. The van der Waals surface area contributed by atoms with Crippen molar-refractivity contribution in [3.05, 3.63) is 0 Å². The van der Waals surface area contributed by atoms with Crippen LogP contribution in [-0.4, -0.2) is 25.2 Å². The molecule has 0 aliphatic heterocycles. The van der Waals surface area contributed by atoms with Crippen LogP contribution in [0.2, 0.25) is 0 Å². The Kier molecular flexibility index (Phi) is 2.18. The molecule has 3 aliphatic rings. The van der Waals surface area contributed by atoms with Crippen LogP contribution in [0.4, 0.5) is 0 Å². The first-order valence-corrected chi connectivity index (χ1v) is 6.85. The molecule has 0 spiro atoms. The van der Waals surface area contributed by atoms with Gasteiger partial charge in [-0.15, -0.1) is 0 Å². The van der Waals surface area contributed by atoms with E-state index in [1.54, 1.807) is 0 Å². The first kappa shape index (κ1) is 10.4. The molecule has 3 aliphatic carbocycles. The molecule has 4 nitrogen and oxygen atoms in total. The zero-order valence-corrected chi connectivity index (χ0v) is 9.36. The highest BCUT2D eigenvalue weighted by atomic mass is 32.2. The second-order valence-corrected chi connectivity index (χ2v) is 6.79. The monoisotopic (exact) mass is 218 g/mol. The molecule has 0 radical (unpaired) electrons. The number of nitrogens with one attached hydrogen (secondary N) is 1. The molecule has 3 rings (SSSR count). The number of sulfonamides is 1. The van der Waals surface area contributed by atoms with Crippen LogP contribution in [0.1, 0.15) is 39.0 Å². The summed E-state index contributed by atoms with van der Waals surface area (Å²) < 4.78 is 25.9. The zero-order chi connectivity index (χ0) is 10.4. The predicted octanol–water partition coefficient (Wildman–Crippen LogP) is 0.340. The maximum atomic E-state index is 11.6. The second kappa shape index (κ2) is 2.93. The summed E-state index contributed by atoms with van der Waals surface area (Å²) >= 11 is 0. The molecular formula is C9H18N2O2S. The van der Waals surface area contributed by atoms with E-state index in [1.807, 2.05) is 6.92 Å². The van der Waals surface area contributed by atoms with Crippen LogP contribution in [0.5, 0.6) is 0 Å². The van der Waals surface area contributed by atoms with E-state index in [0.29, 0.717) is 0 Å². The SMILES string of the molecule is CCCCS(=O)(=O)NC12CC(N)(C1)C2. The molecule has 82 valence electrons. The van der Waals surface area contributed by atoms with Gasteiger partial charge >= 0.3 is 0 Å². The van der Waals surface area contributed by atoms with Crippen LogP contribution in [0, 0.1) is 0 Å². The minimum absolute atomic E-state index is 0.0344. The molecule has 0 saturated heterocycles. The van der Waals surface area contributed by atoms with Gasteiger partial charge in [0.05, 0.1) is 5.75 Å². The van der Waals surface area contributed by atoms with Crippen LogP contribution in [-0.2, 0) is 10.0 Å². The van der Waals surface area contributed by atoms with Crippen molar-refractivity contribution in [2.24, 2.45) is 5.73 Å². The minimum Gasteiger partial charge on any atom is -0.325 e. The van der Waals surface area contributed by atoms with Crippen LogP contribution in [0.15, 0.2) is 0 Å². The summed E-state index contributed by atoms with van der Waals surface area (Å²) in [5.74, 6) is 0.253. The van der Waals surface area contributed by atoms with Gasteiger partial charge in [0.2, 0.25) is 10.0 Å². The van der Waals surface area contributed by atoms with Gasteiger partial charge < -0.3 is 5.73 Å². The molecule has 0 heterocycles. The third kappa shape index (κ3) is 1.68. The van der Waals surface area contributed by atoms with Gasteiger partial charge in [-0.05, 0) is 25.7 Å². The van der Waals surface area contributed by atoms with E-state index in [0.717, 1.165) is 32.1 Å². The largest absolute Gasteiger partial charge is 0.325 e. The molecule has 3 N–H and O–H groups in total. The lowest BCUT2D eigenvalue weighted by Crippen LogP contribution is -2.82. The molecule has 14 heavy (non-hydrogen) atoms. The first-order valence-electron chi connectivity index (χ1n) is 5.19. The summed E-state index contributed by atoms with van der Waals surface area (Å²) in [6, 6.07) is 0. The van der Waals surface area contributed by atoms with Gasteiger partial charge in [0, 0.05) is 11.1 Å². The average Bonchev–Trinajstić information content (AvgIpc) is 1.95. The fourth-order valence-corrected chi connectivity index (χ4v) is 4.34. The molecule has 3 saturated carbocycles. The smallest absolute Gasteiger partial charge is 0.212 e. The van der Waals surface area contributed by atoms with E-state index in [9.17, 15) is 8.42 Å². The van der Waals surface area contributed by atoms with Gasteiger partial charge in [-0.25, -0.2) is 13.1 Å². The normalized spacial score (nSPS) is 40.1. The number of nitrogens with two attached hydrogens (primary N) is 1. The van der Waals surface area contributed by atoms with E-state index < -0.39 is 10.0 Å². The van der Waals surface area contributed by atoms with Crippen molar-refractivity contribution in [2.45, 2.75) is 50.1 Å². The molecule has 0 amide bonds. The summed E-state index contributed by atoms with van der Waals surface area (Å²) in [7, 11) is -3.06. The second-order valence-electron chi connectivity index (χ2n) is 4.95. The number of unbranched alkanes of at least 4 members (excludes halogenated alkanes) is 1. The number of rotatable bonds is 5. The molecule has 0 aromatic carbocycles. The Morgan fingerprint density at radius 1 is 1.36 bits per heavy atom. The van der Waals surface area contributed by atoms with Crippen molar-refractivity contribution >= 4 is 10.0 Å². The van der Waals surface area contributed by atoms with Crippen LogP contribution in [0.3, 0.4) is 0 Å². The summed E-state index contributed by atoms with van der Waals surface area (Å²) in [6.45, 7) is 1.99. The average molecular weight is 218 g/mol. The molecule has 3 fully saturated rings. The third-order valence-corrected chi connectivity index (χ3v) is 4.78. The van der Waals surface area contributed by atoms with Gasteiger partial charge in [0.15, 0.2) is 0 Å².